The van der Waals surface area contributed by atoms with Gasteiger partial charge in [0.2, 0.25) is 0 Å². The molecule has 0 radical (unpaired) electrons. The highest BCUT2D eigenvalue weighted by Gasteiger charge is 2.72. The van der Waals surface area contributed by atoms with Gasteiger partial charge >= 0.3 is 5.97 Å². The fourth-order valence-corrected chi connectivity index (χ4v) is 9.20. The SMILES string of the molecule is CCOC(=O)[C@]1(C)CCC[C@@]2(C)[C@@H]3CC[C@@]4(C)C[C@]3(CC[C@@H]21)[C@H](CO[N+](=O)[O-])[C@H]4O[N+](=O)[O-]. The summed E-state index contributed by atoms with van der Waals surface area (Å²) in [6, 6.07) is 0. The Hall–Kier alpha value is -2.13. The number of hydrogen-bond acceptors (Lipinski definition) is 8. The van der Waals surface area contributed by atoms with E-state index in [-0.39, 0.29) is 35.2 Å². The molecule has 0 amide bonds. The molecule has 0 heterocycles. The number of nitrogens with zero attached hydrogens (tertiary/aromatic N) is 2. The van der Waals surface area contributed by atoms with Gasteiger partial charge in [0, 0.05) is 5.92 Å². The lowest BCUT2D eigenvalue weighted by atomic mass is 9.39. The summed E-state index contributed by atoms with van der Waals surface area (Å²) in [4.78, 5) is 45.7. The van der Waals surface area contributed by atoms with E-state index in [1.807, 2.05) is 20.8 Å². The molecule has 4 rings (SSSR count). The molecule has 0 N–H and O–H groups in total. The van der Waals surface area contributed by atoms with Gasteiger partial charge in [0.15, 0.2) is 0 Å². The highest BCUT2D eigenvalue weighted by atomic mass is 17.0. The van der Waals surface area contributed by atoms with Gasteiger partial charge in [0.1, 0.15) is 12.7 Å². The third-order valence-electron chi connectivity index (χ3n) is 10.2. The van der Waals surface area contributed by atoms with Gasteiger partial charge in [-0.05, 0) is 86.9 Å². The van der Waals surface area contributed by atoms with E-state index in [0.29, 0.717) is 6.61 Å². The summed E-state index contributed by atoms with van der Waals surface area (Å²) in [5.74, 6) is -0.247. The van der Waals surface area contributed by atoms with Crippen molar-refractivity contribution in [1.82, 2.24) is 0 Å². The first kappa shape index (κ1) is 24.0. The van der Waals surface area contributed by atoms with Crippen molar-refractivity contribution in [3.63, 3.8) is 0 Å². The summed E-state index contributed by atoms with van der Waals surface area (Å²) in [6.07, 6.45) is 5.84. The second-order valence-corrected chi connectivity index (χ2v) is 11.6. The molecular formula is C23H36N2O8. The van der Waals surface area contributed by atoms with Gasteiger partial charge in [-0.1, -0.05) is 20.3 Å². The number of carbonyl (C=O) groups is 1. The van der Waals surface area contributed by atoms with Crippen LogP contribution in [-0.2, 0) is 19.2 Å². The van der Waals surface area contributed by atoms with Crippen LogP contribution in [-0.4, -0.2) is 35.5 Å². The maximum atomic E-state index is 13.1. The third-order valence-corrected chi connectivity index (χ3v) is 10.2. The first-order chi connectivity index (χ1) is 15.4. The van der Waals surface area contributed by atoms with Crippen molar-refractivity contribution >= 4 is 5.97 Å². The smallest absolute Gasteiger partial charge is 0.312 e. The number of ether oxygens (including phenoxy) is 1. The van der Waals surface area contributed by atoms with Gasteiger partial charge < -0.3 is 14.4 Å². The van der Waals surface area contributed by atoms with Crippen LogP contribution < -0.4 is 0 Å². The molecule has 0 aromatic carbocycles. The molecule has 4 fully saturated rings. The fraction of sp³-hybridized carbons (Fsp3) is 0.957. The molecule has 4 aliphatic carbocycles. The minimum Gasteiger partial charge on any atom is -0.466 e. The van der Waals surface area contributed by atoms with Crippen molar-refractivity contribution in [2.24, 2.45) is 39.4 Å². The predicted octanol–water partition coefficient (Wildman–Crippen LogP) is 4.36. The van der Waals surface area contributed by atoms with Gasteiger partial charge in [-0.25, -0.2) is 0 Å². The average Bonchev–Trinajstić information content (AvgIpc) is 2.88. The number of carbonyl (C=O) groups excluding carboxylic acids is 1. The summed E-state index contributed by atoms with van der Waals surface area (Å²) in [5, 5.41) is 20.9. The highest BCUT2D eigenvalue weighted by Crippen LogP contribution is 2.75. The zero-order valence-electron chi connectivity index (χ0n) is 20.0. The molecule has 10 nitrogen and oxygen atoms in total. The van der Waals surface area contributed by atoms with Crippen LogP contribution in [0.4, 0.5) is 0 Å². The van der Waals surface area contributed by atoms with Crippen LogP contribution in [0.5, 0.6) is 0 Å². The highest BCUT2D eigenvalue weighted by molar-refractivity contribution is 5.77. The second kappa shape index (κ2) is 7.98. The number of hydrogen-bond donors (Lipinski definition) is 0. The number of rotatable bonds is 7. The Balaban J connectivity index is 1.74. The number of esters is 1. The van der Waals surface area contributed by atoms with Crippen LogP contribution >= 0.6 is 0 Å². The van der Waals surface area contributed by atoms with E-state index in [4.69, 9.17) is 14.4 Å². The zero-order valence-corrected chi connectivity index (χ0v) is 20.0. The van der Waals surface area contributed by atoms with Gasteiger partial charge in [-0.2, -0.15) is 0 Å². The molecule has 4 aliphatic rings. The topological polar surface area (TPSA) is 131 Å². The van der Waals surface area contributed by atoms with Crippen molar-refractivity contribution in [3.8, 4) is 0 Å². The molecule has 8 atom stereocenters. The van der Waals surface area contributed by atoms with Crippen LogP contribution in [0.3, 0.4) is 0 Å². The molecular weight excluding hydrogens is 432 g/mol. The summed E-state index contributed by atoms with van der Waals surface area (Å²) in [5.41, 5.74) is -1.50. The van der Waals surface area contributed by atoms with Gasteiger partial charge in [-0.15, -0.1) is 20.2 Å². The summed E-state index contributed by atoms with van der Waals surface area (Å²) >= 11 is 0. The standard InChI is InChI=1S/C23H36N2O8/c1-5-31-19(26)22(4)10-6-9-21(3)16(22)8-12-23-14-20(2,11-7-17(21)23)18(33-25(29)30)15(23)13-32-24(27)28/h15-18H,5-14H2,1-4H3/t15-,16+,17+,18-,20+,21-,22-,23-/m1/s1. The fourth-order valence-electron chi connectivity index (χ4n) is 9.20. The van der Waals surface area contributed by atoms with Crippen LogP contribution in [0.25, 0.3) is 0 Å². The van der Waals surface area contributed by atoms with E-state index in [9.17, 15) is 25.0 Å². The van der Waals surface area contributed by atoms with Gasteiger partial charge in [-0.3, -0.25) is 4.79 Å². The lowest BCUT2D eigenvalue weighted by Crippen LogP contribution is -2.60. The van der Waals surface area contributed by atoms with Crippen molar-refractivity contribution in [1.29, 1.82) is 0 Å². The molecule has 186 valence electrons. The molecule has 0 saturated heterocycles. The monoisotopic (exact) mass is 468 g/mol. The maximum Gasteiger partial charge on any atom is 0.312 e. The van der Waals surface area contributed by atoms with Crippen LogP contribution in [0.1, 0.15) is 79.1 Å². The van der Waals surface area contributed by atoms with Crippen molar-refractivity contribution < 1.29 is 29.4 Å². The lowest BCUT2D eigenvalue weighted by molar-refractivity contribution is -0.779. The second-order valence-electron chi connectivity index (χ2n) is 11.6. The van der Waals surface area contributed by atoms with Gasteiger partial charge in [0.05, 0.1) is 12.0 Å². The number of fused-ring (bicyclic) bond motifs is 3. The Morgan fingerprint density at radius 2 is 1.70 bits per heavy atom. The molecule has 33 heavy (non-hydrogen) atoms. The summed E-state index contributed by atoms with van der Waals surface area (Å²) in [7, 11) is 0. The zero-order chi connectivity index (χ0) is 24.2. The normalized spacial score (nSPS) is 45.9. The molecule has 10 heteroatoms. The van der Waals surface area contributed by atoms with Crippen molar-refractivity contribution in [2.45, 2.75) is 85.2 Å². The molecule has 0 aromatic heterocycles. The van der Waals surface area contributed by atoms with Gasteiger partial charge in [0.25, 0.3) is 10.2 Å². The Labute approximate surface area is 193 Å². The Morgan fingerprint density at radius 1 is 1.00 bits per heavy atom. The van der Waals surface area contributed by atoms with Crippen molar-refractivity contribution in [3.05, 3.63) is 20.2 Å². The Bertz CT molecular complexity index is 837. The van der Waals surface area contributed by atoms with Crippen LogP contribution in [0.2, 0.25) is 0 Å². The van der Waals surface area contributed by atoms with Crippen LogP contribution in [0, 0.1) is 59.6 Å². The molecule has 4 saturated carbocycles. The Kier molecular flexibility index (Phi) is 5.80. The van der Waals surface area contributed by atoms with Crippen molar-refractivity contribution in [2.75, 3.05) is 13.2 Å². The average molecular weight is 469 g/mol. The molecule has 0 aliphatic heterocycles. The molecule has 1 spiro atoms. The molecule has 0 aromatic rings. The predicted molar refractivity (Wildman–Crippen MR) is 116 cm³/mol. The minimum atomic E-state index is -0.814. The summed E-state index contributed by atoms with van der Waals surface area (Å²) in [6.45, 7) is 8.31. The maximum absolute atomic E-state index is 13.1. The molecule has 0 unspecified atom stereocenters. The first-order valence-corrected chi connectivity index (χ1v) is 12.2. The Morgan fingerprint density at radius 3 is 2.33 bits per heavy atom. The van der Waals surface area contributed by atoms with Crippen LogP contribution in [0.15, 0.2) is 0 Å². The first-order valence-electron chi connectivity index (χ1n) is 12.2. The largest absolute Gasteiger partial charge is 0.466 e. The molecule has 2 bridgehead atoms. The lowest BCUT2D eigenvalue weighted by Gasteiger charge is -2.65. The van der Waals surface area contributed by atoms with E-state index in [1.165, 1.54) is 0 Å². The quantitative estimate of drug-likeness (QED) is 0.306. The van der Waals surface area contributed by atoms with E-state index < -0.39 is 33.0 Å². The van der Waals surface area contributed by atoms with E-state index in [0.717, 1.165) is 51.4 Å². The summed E-state index contributed by atoms with van der Waals surface area (Å²) < 4.78 is 5.51. The van der Waals surface area contributed by atoms with E-state index in [1.54, 1.807) is 0 Å². The van der Waals surface area contributed by atoms with E-state index in [2.05, 4.69) is 6.92 Å². The van der Waals surface area contributed by atoms with E-state index >= 15 is 0 Å². The third kappa shape index (κ3) is 3.46. The minimum absolute atomic E-state index is 0.133.